The maximum absolute atomic E-state index is 5.97. The van der Waals surface area contributed by atoms with Crippen molar-refractivity contribution in [1.29, 1.82) is 0 Å². The van der Waals surface area contributed by atoms with Gasteiger partial charge in [-0.1, -0.05) is 0 Å². The number of nitrogen functional groups attached to an aromatic ring is 1. The van der Waals surface area contributed by atoms with Gasteiger partial charge in [-0.25, -0.2) is 0 Å². The lowest BCUT2D eigenvalue weighted by atomic mass is 10.00. The third-order valence-corrected chi connectivity index (χ3v) is 4.50. The number of hydrogen-bond donors (Lipinski definition) is 2. The van der Waals surface area contributed by atoms with Gasteiger partial charge in [-0.15, -0.1) is 0 Å². The summed E-state index contributed by atoms with van der Waals surface area (Å²) in [5, 5.41) is 4.61. The third-order valence-electron chi connectivity index (χ3n) is 3.65. The minimum Gasteiger partial charge on any atom is -0.398 e. The fourth-order valence-electron chi connectivity index (χ4n) is 2.65. The number of nitrogens with zero attached hydrogens (tertiary/aromatic N) is 1. The van der Waals surface area contributed by atoms with Crippen molar-refractivity contribution in [3.8, 4) is 0 Å². The van der Waals surface area contributed by atoms with Crippen molar-refractivity contribution in [2.75, 3.05) is 12.3 Å². The van der Waals surface area contributed by atoms with Crippen LogP contribution in [-0.2, 0) is 13.0 Å². The largest absolute Gasteiger partial charge is 0.398 e. The van der Waals surface area contributed by atoms with Crippen LogP contribution in [0.5, 0.6) is 0 Å². The number of fused-ring (bicyclic) bond motifs is 2. The minimum absolute atomic E-state index is 0.772. The molecular weight excluding hydrogens is 290 g/mol. The van der Waals surface area contributed by atoms with Gasteiger partial charge in [0.2, 0.25) is 0 Å². The van der Waals surface area contributed by atoms with Crippen LogP contribution in [0.2, 0.25) is 0 Å². The quantitative estimate of drug-likeness (QED) is 0.736. The van der Waals surface area contributed by atoms with E-state index in [2.05, 4.69) is 28.2 Å². The number of aromatic nitrogens is 1. The van der Waals surface area contributed by atoms with Gasteiger partial charge in [0.15, 0.2) is 0 Å². The lowest BCUT2D eigenvalue weighted by Crippen LogP contribution is -2.13. The van der Waals surface area contributed by atoms with E-state index in [1.807, 2.05) is 12.1 Å². The van der Waals surface area contributed by atoms with Gasteiger partial charge in [0, 0.05) is 23.3 Å². The highest BCUT2D eigenvalue weighted by molar-refractivity contribution is 9.10. The Kier molecular flexibility index (Phi) is 2.99. The first kappa shape index (κ1) is 11.9. The number of nitrogens with two attached hydrogens (primary N) is 1. The van der Waals surface area contributed by atoms with Crippen LogP contribution in [0.4, 0.5) is 5.69 Å². The first-order valence-electron chi connectivity index (χ1n) is 6.25. The second-order valence-electron chi connectivity index (χ2n) is 4.81. The molecule has 3 rings (SSSR count). The van der Waals surface area contributed by atoms with E-state index in [1.165, 1.54) is 16.8 Å². The zero-order chi connectivity index (χ0) is 12.7. The van der Waals surface area contributed by atoms with Crippen LogP contribution < -0.4 is 11.1 Å². The standard InChI is InChI=1S/C14H16BrN3/c1-8-9-7-17-6-2-3-11(9)18-12-5-4-10(16)14(15)13(8)12/h4-5,17H,2-3,6-7,16H2,1H3. The molecule has 0 saturated heterocycles. The Morgan fingerprint density at radius 1 is 1.39 bits per heavy atom. The zero-order valence-electron chi connectivity index (χ0n) is 10.4. The molecule has 0 amide bonds. The molecule has 18 heavy (non-hydrogen) atoms. The van der Waals surface area contributed by atoms with Crippen molar-refractivity contribution in [2.24, 2.45) is 0 Å². The summed E-state index contributed by atoms with van der Waals surface area (Å²) in [6.45, 7) is 4.14. The number of anilines is 1. The highest BCUT2D eigenvalue weighted by atomic mass is 79.9. The number of halogens is 1. The van der Waals surface area contributed by atoms with E-state index < -0.39 is 0 Å². The lowest BCUT2D eigenvalue weighted by Gasteiger charge is -2.14. The summed E-state index contributed by atoms with van der Waals surface area (Å²) in [5.41, 5.74) is 11.7. The molecule has 2 aromatic rings. The highest BCUT2D eigenvalue weighted by Crippen LogP contribution is 2.34. The van der Waals surface area contributed by atoms with E-state index in [0.717, 1.165) is 47.0 Å². The van der Waals surface area contributed by atoms with Crippen LogP contribution in [0.25, 0.3) is 10.9 Å². The summed E-state index contributed by atoms with van der Waals surface area (Å²) in [5.74, 6) is 0. The summed E-state index contributed by atoms with van der Waals surface area (Å²) in [4.78, 5) is 4.81. The molecule has 0 radical (unpaired) electrons. The average molecular weight is 306 g/mol. The van der Waals surface area contributed by atoms with Crippen LogP contribution >= 0.6 is 15.9 Å². The highest BCUT2D eigenvalue weighted by Gasteiger charge is 2.16. The van der Waals surface area contributed by atoms with E-state index in [-0.39, 0.29) is 0 Å². The summed E-state index contributed by atoms with van der Waals surface area (Å²) in [7, 11) is 0. The molecular formula is C14H16BrN3. The second kappa shape index (κ2) is 4.52. The Balaban J connectivity index is 2.35. The molecule has 0 saturated carbocycles. The monoisotopic (exact) mass is 305 g/mol. The first-order valence-corrected chi connectivity index (χ1v) is 7.04. The summed E-state index contributed by atoms with van der Waals surface area (Å²) in [6.07, 6.45) is 2.21. The van der Waals surface area contributed by atoms with Crippen molar-refractivity contribution >= 4 is 32.5 Å². The second-order valence-corrected chi connectivity index (χ2v) is 5.60. The van der Waals surface area contributed by atoms with Gasteiger partial charge < -0.3 is 11.1 Å². The Morgan fingerprint density at radius 2 is 2.22 bits per heavy atom. The van der Waals surface area contributed by atoms with E-state index >= 15 is 0 Å². The molecule has 0 bridgehead atoms. The summed E-state index contributed by atoms with van der Waals surface area (Å²) >= 11 is 3.59. The smallest absolute Gasteiger partial charge is 0.0721 e. The van der Waals surface area contributed by atoms with E-state index in [0.29, 0.717) is 0 Å². The van der Waals surface area contributed by atoms with Gasteiger partial charge in [-0.2, -0.15) is 0 Å². The van der Waals surface area contributed by atoms with Crippen molar-refractivity contribution in [3.05, 3.63) is 33.4 Å². The molecule has 0 unspecified atom stereocenters. The number of nitrogens with one attached hydrogen (secondary N) is 1. The summed E-state index contributed by atoms with van der Waals surface area (Å²) in [6, 6.07) is 3.93. The van der Waals surface area contributed by atoms with Crippen LogP contribution in [0.1, 0.15) is 23.2 Å². The van der Waals surface area contributed by atoms with Gasteiger partial charge in [0.25, 0.3) is 0 Å². The number of rotatable bonds is 0. The molecule has 2 heterocycles. The molecule has 3 nitrogen and oxygen atoms in total. The SMILES string of the molecule is Cc1c2c(nc3ccc(N)c(Br)c13)CCCNC2. The van der Waals surface area contributed by atoms with Gasteiger partial charge in [0.05, 0.1) is 9.99 Å². The van der Waals surface area contributed by atoms with E-state index in [4.69, 9.17) is 10.7 Å². The third kappa shape index (κ3) is 1.80. The lowest BCUT2D eigenvalue weighted by molar-refractivity contribution is 0.679. The number of aryl methyl sites for hydroxylation is 2. The molecule has 0 aliphatic carbocycles. The minimum atomic E-state index is 0.772. The molecule has 0 fully saturated rings. The fourth-order valence-corrected chi connectivity index (χ4v) is 3.28. The molecule has 1 aromatic carbocycles. The molecule has 94 valence electrons. The molecule has 0 spiro atoms. The average Bonchev–Trinajstić information content (AvgIpc) is 2.59. The summed E-state index contributed by atoms with van der Waals surface area (Å²) < 4.78 is 0.969. The Labute approximate surface area is 115 Å². The molecule has 4 heteroatoms. The number of pyridine rings is 1. The topological polar surface area (TPSA) is 50.9 Å². The van der Waals surface area contributed by atoms with E-state index in [1.54, 1.807) is 0 Å². The normalized spacial score (nSPS) is 15.4. The maximum Gasteiger partial charge on any atom is 0.0721 e. The van der Waals surface area contributed by atoms with Crippen molar-refractivity contribution in [3.63, 3.8) is 0 Å². The van der Waals surface area contributed by atoms with Gasteiger partial charge >= 0.3 is 0 Å². The Hall–Kier alpha value is -1.13. The molecule has 1 aromatic heterocycles. The van der Waals surface area contributed by atoms with Crippen LogP contribution in [0.3, 0.4) is 0 Å². The van der Waals surface area contributed by atoms with Crippen molar-refractivity contribution in [1.82, 2.24) is 10.3 Å². The van der Waals surface area contributed by atoms with Crippen LogP contribution in [0, 0.1) is 6.92 Å². The predicted molar refractivity (Wildman–Crippen MR) is 78.6 cm³/mol. The zero-order valence-corrected chi connectivity index (χ0v) is 12.0. The van der Waals surface area contributed by atoms with Gasteiger partial charge in [-0.3, -0.25) is 4.98 Å². The van der Waals surface area contributed by atoms with Crippen LogP contribution in [0.15, 0.2) is 16.6 Å². The fraction of sp³-hybridized carbons (Fsp3) is 0.357. The Morgan fingerprint density at radius 3 is 3.06 bits per heavy atom. The van der Waals surface area contributed by atoms with Gasteiger partial charge in [0.1, 0.15) is 0 Å². The number of hydrogen-bond acceptors (Lipinski definition) is 3. The molecule has 1 aliphatic rings. The molecule has 1 aliphatic heterocycles. The molecule has 0 atom stereocenters. The van der Waals surface area contributed by atoms with Crippen molar-refractivity contribution in [2.45, 2.75) is 26.3 Å². The van der Waals surface area contributed by atoms with E-state index in [9.17, 15) is 0 Å². The maximum atomic E-state index is 5.97. The molecule has 3 N–H and O–H groups in total. The van der Waals surface area contributed by atoms with Crippen molar-refractivity contribution < 1.29 is 0 Å². The Bertz CT molecular complexity index is 622. The van der Waals surface area contributed by atoms with Crippen LogP contribution in [-0.4, -0.2) is 11.5 Å². The number of benzene rings is 1. The first-order chi connectivity index (χ1) is 8.68. The predicted octanol–water partition coefficient (Wildman–Crippen LogP) is 2.92. The van der Waals surface area contributed by atoms with Gasteiger partial charge in [-0.05, 0) is 65.5 Å².